The Bertz CT molecular complexity index is 1270. The van der Waals surface area contributed by atoms with Crippen LogP contribution in [0.1, 0.15) is 33.0 Å². The molecule has 0 radical (unpaired) electrons. The van der Waals surface area contributed by atoms with Gasteiger partial charge in [-0.05, 0) is 22.3 Å². The molecule has 154 valence electrons. The molecule has 1 aliphatic carbocycles. The maximum absolute atomic E-state index is 14.0. The summed E-state index contributed by atoms with van der Waals surface area (Å²) in [5.41, 5.74) is 4.91. The van der Waals surface area contributed by atoms with Crippen LogP contribution in [-0.2, 0) is 4.79 Å². The topological polar surface area (TPSA) is 34.1 Å². The van der Waals surface area contributed by atoms with Gasteiger partial charge in [-0.3, -0.25) is 9.59 Å². The average Bonchev–Trinajstić information content (AvgIpc) is 3.18. The van der Waals surface area contributed by atoms with E-state index in [0.717, 1.165) is 22.3 Å². The van der Waals surface area contributed by atoms with E-state index in [9.17, 15) is 9.59 Å². The molecule has 0 saturated heterocycles. The first-order chi connectivity index (χ1) is 15.8. The summed E-state index contributed by atoms with van der Waals surface area (Å²) < 4.78 is 0. The number of carbonyl (C=O) groups excluding carboxylic acids is 2. The Morgan fingerprint density at radius 3 is 1.59 bits per heavy atom. The summed E-state index contributed by atoms with van der Waals surface area (Å²) in [6, 6.07) is 38.7. The molecule has 2 heteroatoms. The summed E-state index contributed by atoms with van der Waals surface area (Å²) in [6.45, 7) is 0. The first-order valence-corrected chi connectivity index (χ1v) is 10.8. The SMILES string of the molecule is O=C1C(c2ccccc2)=C(c2ccccc2)[C@H](c2ccccc2)[C@H]1C(=O)c1ccccc1. The normalized spacial score (nSPS) is 18.1. The van der Waals surface area contributed by atoms with Gasteiger partial charge in [0.25, 0.3) is 0 Å². The standard InChI is InChI=1S/C30H22O2/c31-29(24-19-11-4-12-20-24)28-26(22-15-7-2-8-16-22)25(21-13-5-1-6-14-21)27(30(28)32)23-17-9-3-10-18-23/h1-20,26,28H/t26-,28-/m0/s1. The Kier molecular flexibility index (Phi) is 5.35. The maximum Gasteiger partial charge on any atom is 0.175 e. The van der Waals surface area contributed by atoms with Crippen molar-refractivity contribution in [3.05, 3.63) is 144 Å². The van der Waals surface area contributed by atoms with E-state index >= 15 is 0 Å². The quantitative estimate of drug-likeness (QED) is 0.277. The summed E-state index contributed by atoms with van der Waals surface area (Å²) in [5.74, 6) is -1.40. The molecule has 0 aliphatic heterocycles. The van der Waals surface area contributed by atoms with E-state index in [1.54, 1.807) is 12.1 Å². The molecule has 5 rings (SSSR count). The van der Waals surface area contributed by atoms with Gasteiger partial charge in [0, 0.05) is 17.1 Å². The van der Waals surface area contributed by atoms with Crippen molar-refractivity contribution in [2.45, 2.75) is 5.92 Å². The summed E-state index contributed by atoms with van der Waals surface area (Å²) in [6.07, 6.45) is 0. The van der Waals surface area contributed by atoms with E-state index in [4.69, 9.17) is 0 Å². The van der Waals surface area contributed by atoms with Crippen LogP contribution in [0.25, 0.3) is 11.1 Å². The molecular weight excluding hydrogens is 392 g/mol. The molecule has 0 spiro atoms. The van der Waals surface area contributed by atoms with Gasteiger partial charge in [-0.15, -0.1) is 0 Å². The fourth-order valence-corrected chi connectivity index (χ4v) is 4.68. The van der Waals surface area contributed by atoms with E-state index < -0.39 is 5.92 Å². The van der Waals surface area contributed by atoms with Gasteiger partial charge in [-0.2, -0.15) is 0 Å². The lowest BCUT2D eigenvalue weighted by molar-refractivity contribution is -0.115. The van der Waals surface area contributed by atoms with Crippen molar-refractivity contribution in [2.75, 3.05) is 0 Å². The zero-order chi connectivity index (χ0) is 21.9. The maximum atomic E-state index is 14.0. The predicted octanol–water partition coefficient (Wildman–Crippen LogP) is 6.46. The Morgan fingerprint density at radius 1 is 0.562 bits per heavy atom. The molecule has 0 saturated carbocycles. The Labute approximate surface area is 187 Å². The largest absolute Gasteiger partial charge is 0.293 e. The van der Waals surface area contributed by atoms with Crippen LogP contribution in [-0.4, -0.2) is 11.6 Å². The van der Waals surface area contributed by atoms with Crippen molar-refractivity contribution >= 4 is 22.7 Å². The van der Waals surface area contributed by atoms with Crippen LogP contribution in [0.2, 0.25) is 0 Å². The van der Waals surface area contributed by atoms with Gasteiger partial charge in [0.15, 0.2) is 11.6 Å². The van der Waals surface area contributed by atoms with Gasteiger partial charge in [0.1, 0.15) is 0 Å². The monoisotopic (exact) mass is 414 g/mol. The molecule has 0 fully saturated rings. The lowest BCUT2D eigenvalue weighted by atomic mass is 9.78. The molecule has 2 nitrogen and oxygen atoms in total. The minimum atomic E-state index is -0.801. The second-order valence-corrected chi connectivity index (χ2v) is 7.98. The number of rotatable bonds is 5. The van der Waals surface area contributed by atoms with Crippen LogP contribution in [0.4, 0.5) is 0 Å². The number of ketones is 2. The zero-order valence-electron chi connectivity index (χ0n) is 17.5. The molecular formula is C30H22O2. The Hall–Kier alpha value is -4.04. The van der Waals surface area contributed by atoms with Gasteiger partial charge < -0.3 is 0 Å². The predicted molar refractivity (Wildman–Crippen MR) is 128 cm³/mol. The highest BCUT2D eigenvalue weighted by molar-refractivity contribution is 6.39. The molecule has 2 atom stereocenters. The lowest BCUT2D eigenvalue weighted by Crippen LogP contribution is -2.26. The highest BCUT2D eigenvalue weighted by Gasteiger charge is 2.47. The van der Waals surface area contributed by atoms with Crippen molar-refractivity contribution < 1.29 is 9.59 Å². The average molecular weight is 415 g/mol. The van der Waals surface area contributed by atoms with E-state index in [1.165, 1.54) is 0 Å². The van der Waals surface area contributed by atoms with Gasteiger partial charge in [0.2, 0.25) is 0 Å². The number of carbonyl (C=O) groups is 2. The lowest BCUT2D eigenvalue weighted by Gasteiger charge is -2.22. The van der Waals surface area contributed by atoms with Gasteiger partial charge in [-0.1, -0.05) is 121 Å². The van der Waals surface area contributed by atoms with Crippen molar-refractivity contribution in [3.8, 4) is 0 Å². The van der Waals surface area contributed by atoms with Crippen LogP contribution >= 0.6 is 0 Å². The van der Waals surface area contributed by atoms with Crippen LogP contribution < -0.4 is 0 Å². The first-order valence-electron chi connectivity index (χ1n) is 10.8. The third kappa shape index (κ3) is 3.50. The highest BCUT2D eigenvalue weighted by Crippen LogP contribution is 2.51. The van der Waals surface area contributed by atoms with E-state index in [0.29, 0.717) is 11.1 Å². The number of Topliss-reactive ketones (excluding diaryl/α,β-unsaturated/α-hetero) is 2. The van der Waals surface area contributed by atoms with Crippen molar-refractivity contribution in [2.24, 2.45) is 5.92 Å². The molecule has 0 heterocycles. The first kappa shape index (κ1) is 19.9. The van der Waals surface area contributed by atoms with Crippen LogP contribution in [0.3, 0.4) is 0 Å². The highest BCUT2D eigenvalue weighted by atomic mass is 16.2. The van der Waals surface area contributed by atoms with Crippen LogP contribution in [0.15, 0.2) is 121 Å². The number of allylic oxidation sites excluding steroid dienone is 2. The van der Waals surface area contributed by atoms with Gasteiger partial charge >= 0.3 is 0 Å². The summed E-state index contributed by atoms with van der Waals surface area (Å²) in [5, 5.41) is 0. The minimum absolute atomic E-state index is 0.113. The smallest absolute Gasteiger partial charge is 0.175 e. The Morgan fingerprint density at radius 2 is 1.03 bits per heavy atom. The van der Waals surface area contributed by atoms with E-state index in [2.05, 4.69) is 0 Å². The fourth-order valence-electron chi connectivity index (χ4n) is 4.68. The fraction of sp³-hybridized carbons (Fsp3) is 0.0667. The molecule has 1 aliphatic rings. The van der Waals surface area contributed by atoms with Crippen molar-refractivity contribution in [1.29, 1.82) is 0 Å². The summed E-state index contributed by atoms with van der Waals surface area (Å²) in [7, 11) is 0. The van der Waals surface area contributed by atoms with Crippen LogP contribution in [0.5, 0.6) is 0 Å². The molecule has 0 N–H and O–H groups in total. The molecule has 4 aromatic rings. The molecule has 0 unspecified atom stereocenters. The molecule has 0 amide bonds. The second kappa shape index (κ2) is 8.60. The summed E-state index contributed by atoms with van der Waals surface area (Å²) >= 11 is 0. The molecule has 0 aromatic heterocycles. The van der Waals surface area contributed by atoms with Crippen LogP contribution in [0, 0.1) is 5.92 Å². The third-order valence-corrected chi connectivity index (χ3v) is 6.09. The van der Waals surface area contributed by atoms with Gasteiger partial charge in [-0.25, -0.2) is 0 Å². The number of benzene rings is 4. The zero-order valence-corrected chi connectivity index (χ0v) is 17.5. The molecule has 4 aromatic carbocycles. The Balaban J connectivity index is 1.77. The summed E-state index contributed by atoms with van der Waals surface area (Å²) in [4.78, 5) is 27.8. The number of hydrogen-bond acceptors (Lipinski definition) is 2. The molecule has 32 heavy (non-hydrogen) atoms. The third-order valence-electron chi connectivity index (χ3n) is 6.09. The van der Waals surface area contributed by atoms with Gasteiger partial charge in [0.05, 0.1) is 5.92 Å². The molecule has 0 bridgehead atoms. The second-order valence-electron chi connectivity index (χ2n) is 7.98. The minimum Gasteiger partial charge on any atom is -0.293 e. The van der Waals surface area contributed by atoms with Crippen molar-refractivity contribution in [3.63, 3.8) is 0 Å². The van der Waals surface area contributed by atoms with Crippen molar-refractivity contribution in [1.82, 2.24) is 0 Å². The number of hydrogen-bond donors (Lipinski definition) is 0. The van der Waals surface area contributed by atoms with E-state index in [1.807, 2.05) is 109 Å². The van der Waals surface area contributed by atoms with E-state index in [-0.39, 0.29) is 17.5 Å².